The number of hydrogen-bond donors (Lipinski definition) is 1. The summed E-state index contributed by atoms with van der Waals surface area (Å²) in [4.78, 5) is 12.8. The van der Waals surface area contributed by atoms with Crippen LogP contribution in [0.2, 0.25) is 0 Å². The lowest BCUT2D eigenvalue weighted by atomic mass is 9.80. The first-order valence-electron chi connectivity index (χ1n) is 13.1. The van der Waals surface area contributed by atoms with E-state index in [0.29, 0.717) is 29.7 Å². The number of carbonyl (C=O) groups is 1. The summed E-state index contributed by atoms with van der Waals surface area (Å²) in [5.74, 6) is -1.11. The van der Waals surface area contributed by atoms with Crippen molar-refractivity contribution in [2.24, 2.45) is 0 Å². The van der Waals surface area contributed by atoms with Crippen LogP contribution in [0.3, 0.4) is 0 Å². The van der Waals surface area contributed by atoms with E-state index in [0.717, 1.165) is 38.9 Å². The van der Waals surface area contributed by atoms with E-state index in [1.54, 1.807) is 0 Å². The van der Waals surface area contributed by atoms with E-state index in [1.807, 2.05) is 90.1 Å². The third-order valence-electron chi connectivity index (χ3n) is 7.42. The van der Waals surface area contributed by atoms with Crippen LogP contribution in [-0.4, -0.2) is 30.3 Å². The smallest absolute Gasteiger partial charge is 0.337 e. The van der Waals surface area contributed by atoms with E-state index in [-0.39, 0.29) is 6.54 Å². The molecular weight excluding hydrogens is 498 g/mol. The van der Waals surface area contributed by atoms with Crippen molar-refractivity contribution in [2.75, 3.05) is 4.31 Å². The Labute approximate surface area is 225 Å². The van der Waals surface area contributed by atoms with Gasteiger partial charge in [0.2, 0.25) is 10.0 Å². The molecule has 3 aromatic rings. The highest BCUT2D eigenvalue weighted by molar-refractivity contribution is 7.93. The van der Waals surface area contributed by atoms with Gasteiger partial charge >= 0.3 is 5.97 Å². The molecule has 1 atom stereocenters. The van der Waals surface area contributed by atoms with E-state index < -0.39 is 32.9 Å². The molecule has 0 amide bonds. The van der Waals surface area contributed by atoms with E-state index in [1.165, 1.54) is 4.31 Å². The van der Waals surface area contributed by atoms with Crippen LogP contribution >= 0.6 is 0 Å². The molecule has 1 aliphatic carbocycles. The van der Waals surface area contributed by atoms with Crippen molar-refractivity contribution in [3.05, 3.63) is 76.3 Å². The number of aryl methyl sites for hydroxylation is 1. The third kappa shape index (κ3) is 4.52. The quantitative estimate of drug-likeness (QED) is 0.381. The van der Waals surface area contributed by atoms with Gasteiger partial charge in [0.25, 0.3) is 0 Å². The number of carboxylic acids is 1. The summed E-state index contributed by atoms with van der Waals surface area (Å²) in [6, 6.07) is 15.9. The molecule has 0 radical (unpaired) electrons. The lowest BCUT2D eigenvalue weighted by Gasteiger charge is -2.38. The number of hydrogen-bond acceptors (Lipinski definition) is 4. The third-order valence-corrected chi connectivity index (χ3v) is 9.66. The van der Waals surface area contributed by atoms with Crippen LogP contribution in [0.15, 0.2) is 48.5 Å². The largest absolute Gasteiger partial charge is 0.479 e. The van der Waals surface area contributed by atoms with E-state index in [9.17, 15) is 18.3 Å². The van der Waals surface area contributed by atoms with E-state index in [4.69, 9.17) is 4.74 Å². The molecule has 1 N–H and O–H groups in total. The number of sulfonamides is 1. The lowest BCUT2D eigenvalue weighted by molar-refractivity contribution is -0.160. The summed E-state index contributed by atoms with van der Waals surface area (Å²) < 4.78 is 35.3. The summed E-state index contributed by atoms with van der Waals surface area (Å²) in [6.45, 7) is 11.5. The van der Waals surface area contributed by atoms with Gasteiger partial charge in [0, 0.05) is 11.1 Å². The number of ether oxygens (including phenoxy) is 1. The highest BCUT2D eigenvalue weighted by Gasteiger charge is 2.45. The molecule has 0 aromatic heterocycles. The average Bonchev–Trinajstić information content (AvgIpc) is 3.70. The fourth-order valence-electron chi connectivity index (χ4n) is 5.55. The first kappa shape index (κ1) is 26.4. The summed E-state index contributed by atoms with van der Waals surface area (Å²) in [5.41, 5.74) is 7.30. The van der Waals surface area contributed by atoms with Gasteiger partial charge in [-0.3, -0.25) is 4.31 Å². The molecule has 0 spiro atoms. The number of anilines is 1. The summed E-state index contributed by atoms with van der Waals surface area (Å²) in [7, 11) is -3.62. The van der Waals surface area contributed by atoms with Crippen LogP contribution in [0.1, 0.15) is 67.5 Å². The number of rotatable bonds is 6. The van der Waals surface area contributed by atoms with Gasteiger partial charge < -0.3 is 9.84 Å². The average molecular weight is 534 g/mol. The predicted octanol–water partition coefficient (Wildman–Crippen LogP) is 6.70. The van der Waals surface area contributed by atoms with E-state index in [2.05, 4.69) is 0 Å². The molecule has 7 heteroatoms. The van der Waals surface area contributed by atoms with Crippen LogP contribution in [0.25, 0.3) is 22.3 Å². The van der Waals surface area contributed by atoms with Gasteiger partial charge in [0.05, 0.1) is 23.1 Å². The summed E-state index contributed by atoms with van der Waals surface area (Å²) >= 11 is 0. The van der Waals surface area contributed by atoms with Gasteiger partial charge in [0.1, 0.15) is 0 Å². The second-order valence-corrected chi connectivity index (χ2v) is 13.6. The Balaban J connectivity index is 1.92. The number of nitrogens with zero attached hydrogens (tertiary/aromatic N) is 1. The minimum atomic E-state index is -3.62. The maximum atomic E-state index is 13.8. The van der Waals surface area contributed by atoms with Crippen molar-refractivity contribution in [3.8, 4) is 22.3 Å². The van der Waals surface area contributed by atoms with Crippen LogP contribution < -0.4 is 4.31 Å². The second-order valence-electron chi connectivity index (χ2n) is 11.5. The summed E-state index contributed by atoms with van der Waals surface area (Å²) in [5, 5.41) is 10.0. The molecule has 2 aliphatic rings. The zero-order chi connectivity index (χ0) is 27.6. The fourth-order valence-corrected chi connectivity index (χ4v) is 7.45. The number of fused-ring (bicyclic) bond motifs is 3. The van der Waals surface area contributed by atoms with Gasteiger partial charge in [-0.05, 0) is 87.8 Å². The molecule has 1 aliphatic heterocycles. The second kappa shape index (κ2) is 9.24. The summed E-state index contributed by atoms with van der Waals surface area (Å²) in [6.07, 6.45) is 0.0121. The maximum absolute atomic E-state index is 13.8. The van der Waals surface area contributed by atoms with Crippen molar-refractivity contribution in [2.45, 2.75) is 77.9 Å². The van der Waals surface area contributed by atoms with Gasteiger partial charge in [-0.1, -0.05) is 54.1 Å². The normalized spacial score (nSPS) is 16.1. The molecule has 1 fully saturated rings. The number of benzene rings is 3. The molecule has 38 heavy (non-hydrogen) atoms. The SMILES string of the molecule is Cc1ccc(-c2c(C)c3c(c(C)c2[C@H](OC(C)(C)C)C(=O)O)N(S(=O)(=O)C2CC2)Cc2ccccc2-3)cc1. The van der Waals surface area contributed by atoms with Gasteiger partial charge in [-0.15, -0.1) is 0 Å². The molecule has 1 saturated carbocycles. The van der Waals surface area contributed by atoms with Gasteiger partial charge in [-0.25, -0.2) is 13.2 Å². The molecule has 1 heterocycles. The monoisotopic (exact) mass is 533 g/mol. The van der Waals surface area contributed by atoms with Crippen LogP contribution in [0, 0.1) is 20.8 Å². The fraction of sp³-hybridized carbons (Fsp3) is 0.387. The number of carboxylic acid groups (broad SMARTS) is 1. The highest BCUT2D eigenvalue weighted by atomic mass is 32.2. The van der Waals surface area contributed by atoms with Gasteiger partial charge in [-0.2, -0.15) is 0 Å². The van der Waals surface area contributed by atoms with E-state index >= 15 is 0 Å². The minimum Gasteiger partial charge on any atom is -0.479 e. The van der Waals surface area contributed by atoms with Crippen molar-refractivity contribution < 1.29 is 23.1 Å². The molecule has 0 saturated heterocycles. The van der Waals surface area contributed by atoms with Crippen molar-refractivity contribution in [1.29, 1.82) is 0 Å². The minimum absolute atomic E-state index is 0.226. The Morgan fingerprint density at radius 1 is 0.974 bits per heavy atom. The molecular formula is C31H35NO5S. The first-order chi connectivity index (χ1) is 17.8. The lowest BCUT2D eigenvalue weighted by Crippen LogP contribution is -2.37. The predicted molar refractivity (Wildman–Crippen MR) is 151 cm³/mol. The van der Waals surface area contributed by atoms with Crippen molar-refractivity contribution >= 4 is 21.7 Å². The van der Waals surface area contributed by atoms with Crippen molar-refractivity contribution in [3.63, 3.8) is 0 Å². The van der Waals surface area contributed by atoms with Gasteiger partial charge in [0.15, 0.2) is 6.10 Å². The molecule has 0 unspecified atom stereocenters. The molecule has 6 nitrogen and oxygen atoms in total. The Morgan fingerprint density at radius 3 is 2.18 bits per heavy atom. The van der Waals surface area contributed by atoms with Crippen LogP contribution in [0.4, 0.5) is 5.69 Å². The maximum Gasteiger partial charge on any atom is 0.337 e. The van der Waals surface area contributed by atoms with Crippen molar-refractivity contribution in [1.82, 2.24) is 0 Å². The molecule has 3 aromatic carbocycles. The topological polar surface area (TPSA) is 83.9 Å². The Hall–Kier alpha value is -3.16. The van der Waals surface area contributed by atoms with Crippen LogP contribution in [-0.2, 0) is 26.1 Å². The molecule has 5 rings (SSSR count). The molecule has 0 bridgehead atoms. The zero-order valence-electron chi connectivity index (χ0n) is 22.8. The Morgan fingerprint density at radius 2 is 1.61 bits per heavy atom. The number of aliphatic carboxylic acids is 1. The standard InChI is InChI=1S/C31H35NO5S/c1-18-11-13-21(14-12-18)25-19(2)26-24-10-8-7-9-22(24)17-32(38(35,36)23-15-16-23)28(26)20(3)27(25)29(30(33)34)37-31(4,5)6/h7-14,23,29H,15-17H2,1-6H3,(H,33,34)/t29-/m0/s1. The Kier molecular flexibility index (Phi) is 6.43. The first-order valence-corrected chi connectivity index (χ1v) is 14.6. The molecule has 200 valence electrons. The highest BCUT2D eigenvalue weighted by Crippen LogP contribution is 2.52. The Bertz CT molecular complexity index is 1530. The zero-order valence-corrected chi connectivity index (χ0v) is 23.6. The van der Waals surface area contributed by atoms with Crippen LogP contribution in [0.5, 0.6) is 0 Å².